The number of ether oxygens (including phenoxy) is 1. The monoisotopic (exact) mass is 269 g/mol. The molecule has 18 heavy (non-hydrogen) atoms. The van der Waals surface area contributed by atoms with Gasteiger partial charge in [-0.2, -0.15) is 4.98 Å². The molecule has 6 heteroatoms. The second kappa shape index (κ2) is 5.66. The van der Waals surface area contributed by atoms with Gasteiger partial charge in [-0.15, -0.1) is 0 Å². The lowest BCUT2D eigenvalue weighted by atomic mass is 10.2. The molecule has 0 atom stereocenters. The van der Waals surface area contributed by atoms with Crippen molar-refractivity contribution < 1.29 is 9.16 Å². The standard InChI is InChI=1S/C12H23N3O2Si/c1-12(2,3)18(4,5)17-9-8-16-10-6-7-14-11(13)15-10/h6-7H,8-9H2,1-5H3,(H2,13,14,15). The van der Waals surface area contributed by atoms with E-state index in [4.69, 9.17) is 14.9 Å². The van der Waals surface area contributed by atoms with Crippen LogP contribution in [0.4, 0.5) is 5.95 Å². The van der Waals surface area contributed by atoms with Gasteiger partial charge in [-0.3, -0.25) is 0 Å². The molecular weight excluding hydrogens is 246 g/mol. The van der Waals surface area contributed by atoms with Crippen LogP contribution in [0.3, 0.4) is 0 Å². The van der Waals surface area contributed by atoms with Gasteiger partial charge in [0.15, 0.2) is 8.32 Å². The predicted molar refractivity (Wildman–Crippen MR) is 75.1 cm³/mol. The number of rotatable bonds is 5. The van der Waals surface area contributed by atoms with Crippen LogP contribution in [-0.2, 0) is 4.43 Å². The molecule has 0 saturated carbocycles. The van der Waals surface area contributed by atoms with Crippen molar-refractivity contribution in [2.45, 2.75) is 38.9 Å². The van der Waals surface area contributed by atoms with Crippen molar-refractivity contribution in [3.8, 4) is 5.88 Å². The average molecular weight is 269 g/mol. The van der Waals surface area contributed by atoms with Crippen LogP contribution in [0.15, 0.2) is 12.3 Å². The molecule has 0 bridgehead atoms. The zero-order chi connectivity index (χ0) is 13.8. The van der Waals surface area contributed by atoms with Crippen LogP contribution in [0, 0.1) is 0 Å². The maximum atomic E-state index is 5.99. The van der Waals surface area contributed by atoms with E-state index in [1.807, 2.05) is 0 Å². The van der Waals surface area contributed by atoms with Crippen LogP contribution in [0.2, 0.25) is 18.1 Å². The zero-order valence-electron chi connectivity index (χ0n) is 11.9. The highest BCUT2D eigenvalue weighted by Crippen LogP contribution is 2.36. The first kappa shape index (κ1) is 14.9. The summed E-state index contributed by atoms with van der Waals surface area (Å²) in [5.74, 6) is 0.708. The third kappa shape index (κ3) is 4.27. The van der Waals surface area contributed by atoms with Crippen molar-refractivity contribution in [3.05, 3.63) is 12.3 Å². The first-order chi connectivity index (χ1) is 8.22. The fraction of sp³-hybridized carbons (Fsp3) is 0.667. The maximum Gasteiger partial charge on any atom is 0.223 e. The second-order valence-electron chi connectivity index (χ2n) is 5.71. The van der Waals surface area contributed by atoms with E-state index >= 15 is 0 Å². The molecule has 0 unspecified atom stereocenters. The van der Waals surface area contributed by atoms with Crippen molar-refractivity contribution in [2.24, 2.45) is 0 Å². The summed E-state index contributed by atoms with van der Waals surface area (Å²) in [4.78, 5) is 7.76. The first-order valence-corrected chi connectivity index (χ1v) is 8.98. The quantitative estimate of drug-likeness (QED) is 0.657. The lowest BCUT2D eigenvalue weighted by Gasteiger charge is -2.36. The first-order valence-electron chi connectivity index (χ1n) is 6.08. The Kier molecular flexibility index (Phi) is 4.69. The van der Waals surface area contributed by atoms with E-state index in [0.717, 1.165) is 0 Å². The van der Waals surface area contributed by atoms with Gasteiger partial charge in [0, 0.05) is 12.3 Å². The number of anilines is 1. The molecule has 0 fully saturated rings. The van der Waals surface area contributed by atoms with Crippen molar-refractivity contribution in [1.29, 1.82) is 0 Å². The number of nitrogen functional groups attached to an aromatic ring is 1. The van der Waals surface area contributed by atoms with Gasteiger partial charge in [-0.05, 0) is 18.1 Å². The second-order valence-corrected chi connectivity index (χ2v) is 10.5. The molecule has 0 aliphatic rings. The molecule has 2 N–H and O–H groups in total. The fourth-order valence-corrected chi connectivity index (χ4v) is 2.12. The van der Waals surface area contributed by atoms with E-state index < -0.39 is 8.32 Å². The minimum Gasteiger partial charge on any atom is -0.475 e. The summed E-state index contributed by atoms with van der Waals surface area (Å²) in [7, 11) is -1.69. The van der Waals surface area contributed by atoms with Crippen LogP contribution in [-0.4, -0.2) is 31.5 Å². The highest BCUT2D eigenvalue weighted by molar-refractivity contribution is 6.74. The van der Waals surface area contributed by atoms with E-state index in [-0.39, 0.29) is 11.0 Å². The van der Waals surface area contributed by atoms with Gasteiger partial charge >= 0.3 is 0 Å². The average Bonchev–Trinajstić information content (AvgIpc) is 2.23. The maximum absolute atomic E-state index is 5.99. The Balaban J connectivity index is 2.35. The molecule has 0 amide bonds. The molecule has 1 rings (SSSR count). The molecule has 0 saturated heterocycles. The SMILES string of the molecule is CC(C)(C)[Si](C)(C)OCCOc1ccnc(N)n1. The molecule has 0 radical (unpaired) electrons. The van der Waals surface area contributed by atoms with Crippen molar-refractivity contribution in [3.63, 3.8) is 0 Å². The Morgan fingerprint density at radius 3 is 2.50 bits per heavy atom. The lowest BCUT2D eigenvalue weighted by molar-refractivity contribution is 0.199. The highest BCUT2D eigenvalue weighted by atomic mass is 28.4. The normalized spacial score (nSPS) is 12.5. The van der Waals surface area contributed by atoms with Crippen LogP contribution < -0.4 is 10.5 Å². The van der Waals surface area contributed by atoms with E-state index in [1.54, 1.807) is 12.3 Å². The number of aromatic nitrogens is 2. The minimum absolute atomic E-state index is 0.215. The molecule has 1 aromatic heterocycles. The summed E-state index contributed by atoms with van der Waals surface area (Å²) < 4.78 is 11.4. The predicted octanol–water partition coefficient (Wildman–Crippen LogP) is 2.46. The molecule has 1 aromatic rings. The molecular formula is C12H23N3O2Si. The number of nitrogens with two attached hydrogens (primary N) is 1. The molecule has 1 heterocycles. The van der Waals surface area contributed by atoms with E-state index in [0.29, 0.717) is 19.1 Å². The lowest BCUT2D eigenvalue weighted by Crippen LogP contribution is -2.41. The zero-order valence-corrected chi connectivity index (χ0v) is 12.9. The van der Waals surface area contributed by atoms with E-state index in [1.165, 1.54) is 0 Å². The van der Waals surface area contributed by atoms with Crippen molar-refractivity contribution in [2.75, 3.05) is 18.9 Å². The minimum atomic E-state index is -1.69. The number of hydrogen-bond donors (Lipinski definition) is 1. The van der Waals surface area contributed by atoms with Crippen molar-refractivity contribution >= 4 is 14.3 Å². The van der Waals surface area contributed by atoms with Gasteiger partial charge < -0.3 is 14.9 Å². The van der Waals surface area contributed by atoms with E-state index in [9.17, 15) is 0 Å². The van der Waals surface area contributed by atoms with Crippen LogP contribution in [0.5, 0.6) is 5.88 Å². The van der Waals surface area contributed by atoms with Crippen LogP contribution in [0.1, 0.15) is 20.8 Å². The van der Waals surface area contributed by atoms with Crippen LogP contribution in [0.25, 0.3) is 0 Å². The summed E-state index contributed by atoms with van der Waals surface area (Å²) in [6, 6.07) is 1.68. The third-order valence-electron chi connectivity index (χ3n) is 3.25. The van der Waals surface area contributed by atoms with Gasteiger partial charge in [-0.25, -0.2) is 4.98 Å². The van der Waals surface area contributed by atoms with Crippen molar-refractivity contribution in [1.82, 2.24) is 9.97 Å². The molecule has 0 spiro atoms. The third-order valence-corrected chi connectivity index (χ3v) is 7.79. The Bertz CT molecular complexity index is 391. The molecule has 5 nitrogen and oxygen atoms in total. The summed E-state index contributed by atoms with van der Waals surface area (Å²) >= 11 is 0. The summed E-state index contributed by atoms with van der Waals surface area (Å²) in [6.07, 6.45) is 1.58. The number of hydrogen-bond acceptors (Lipinski definition) is 5. The van der Waals surface area contributed by atoms with Gasteiger partial charge in [-0.1, -0.05) is 20.8 Å². The molecule has 102 valence electrons. The van der Waals surface area contributed by atoms with E-state index in [2.05, 4.69) is 43.8 Å². The highest BCUT2D eigenvalue weighted by Gasteiger charge is 2.36. The van der Waals surface area contributed by atoms with Crippen LogP contribution >= 0.6 is 0 Å². The Morgan fingerprint density at radius 2 is 1.94 bits per heavy atom. The molecule has 0 aromatic carbocycles. The summed E-state index contributed by atoms with van der Waals surface area (Å²) in [5, 5.41) is 0.215. The number of nitrogens with zero attached hydrogens (tertiary/aromatic N) is 2. The van der Waals surface area contributed by atoms with Gasteiger partial charge in [0.25, 0.3) is 0 Å². The van der Waals surface area contributed by atoms with Gasteiger partial charge in [0.2, 0.25) is 11.8 Å². The van der Waals surface area contributed by atoms with Gasteiger partial charge in [0.05, 0.1) is 6.61 Å². The Morgan fingerprint density at radius 1 is 1.28 bits per heavy atom. The smallest absolute Gasteiger partial charge is 0.223 e. The Labute approximate surface area is 110 Å². The van der Waals surface area contributed by atoms with Gasteiger partial charge in [0.1, 0.15) is 6.61 Å². The summed E-state index contributed by atoms with van der Waals surface area (Å²) in [6.45, 7) is 12.1. The fourth-order valence-electron chi connectivity index (χ4n) is 1.10. The molecule has 0 aliphatic heterocycles. The molecule has 0 aliphatic carbocycles. The Hall–Kier alpha value is -1.14. The largest absolute Gasteiger partial charge is 0.475 e. The topological polar surface area (TPSA) is 70.3 Å². The summed E-state index contributed by atoms with van der Waals surface area (Å²) in [5.41, 5.74) is 5.46.